The molecule has 5 rings (SSSR count). The minimum atomic E-state index is -0.607. The molecule has 2 saturated heterocycles. The normalized spacial score (nSPS) is 26.7. The van der Waals surface area contributed by atoms with E-state index in [0.29, 0.717) is 12.1 Å². The number of carbonyl (C=O) groups excluding carboxylic acids is 1. The van der Waals surface area contributed by atoms with Crippen molar-refractivity contribution in [3.63, 3.8) is 0 Å². The van der Waals surface area contributed by atoms with Crippen LogP contribution in [-0.4, -0.2) is 47.4 Å². The maximum absolute atomic E-state index is 12.9. The van der Waals surface area contributed by atoms with Gasteiger partial charge in [0.25, 0.3) is 0 Å². The van der Waals surface area contributed by atoms with Crippen LogP contribution in [0.25, 0.3) is 11.1 Å². The molecule has 4 nitrogen and oxygen atoms in total. The molecule has 5 atom stereocenters. The van der Waals surface area contributed by atoms with Gasteiger partial charge in [-0.1, -0.05) is 84.9 Å². The largest absolute Gasteiger partial charge is 0.461 e. The number of quaternary nitrogens is 1. The number of hydrogen-bond acceptors (Lipinski definition) is 3. The maximum Gasteiger partial charge on any atom is 0.316 e. The quantitative estimate of drug-likeness (QED) is 0.387. The van der Waals surface area contributed by atoms with Crippen LogP contribution in [0.4, 0.5) is 0 Å². The van der Waals surface area contributed by atoms with Gasteiger partial charge in [-0.25, -0.2) is 0 Å². The summed E-state index contributed by atoms with van der Waals surface area (Å²) in [5.74, 6) is -0.907. The van der Waals surface area contributed by atoms with E-state index in [2.05, 4.69) is 55.6 Å². The van der Waals surface area contributed by atoms with Crippen molar-refractivity contribution >= 4 is 5.97 Å². The molecule has 0 amide bonds. The smallest absolute Gasteiger partial charge is 0.316 e. The molecule has 2 aliphatic rings. The highest BCUT2D eigenvalue weighted by Gasteiger charge is 2.52. The van der Waals surface area contributed by atoms with Crippen molar-refractivity contribution < 1.29 is 19.1 Å². The van der Waals surface area contributed by atoms with E-state index in [4.69, 9.17) is 4.74 Å². The van der Waals surface area contributed by atoms with E-state index < -0.39 is 5.92 Å². The Bertz CT molecular complexity index is 1080. The van der Waals surface area contributed by atoms with Gasteiger partial charge in [0.15, 0.2) is 0 Å². The van der Waals surface area contributed by atoms with Crippen molar-refractivity contribution in [2.45, 2.75) is 56.3 Å². The fourth-order valence-corrected chi connectivity index (χ4v) is 6.12. The maximum atomic E-state index is 12.9. The van der Waals surface area contributed by atoms with Crippen molar-refractivity contribution in [2.75, 3.05) is 13.7 Å². The topological polar surface area (TPSA) is 46.5 Å². The highest BCUT2D eigenvalue weighted by molar-refractivity contribution is 5.78. The van der Waals surface area contributed by atoms with Crippen molar-refractivity contribution in [2.24, 2.45) is 0 Å². The van der Waals surface area contributed by atoms with Crippen molar-refractivity contribution in [3.8, 4) is 11.1 Å². The highest BCUT2D eigenvalue weighted by atomic mass is 16.5. The minimum Gasteiger partial charge on any atom is -0.461 e. The lowest BCUT2D eigenvalue weighted by Crippen LogP contribution is -2.58. The van der Waals surface area contributed by atoms with Gasteiger partial charge in [-0.2, -0.15) is 0 Å². The van der Waals surface area contributed by atoms with Crippen LogP contribution in [0.5, 0.6) is 0 Å². The molecule has 0 aliphatic carbocycles. The predicted molar refractivity (Wildman–Crippen MR) is 134 cm³/mol. The first-order valence-corrected chi connectivity index (χ1v) is 12.4. The van der Waals surface area contributed by atoms with Gasteiger partial charge in [-0.15, -0.1) is 0 Å². The number of nitrogens with zero attached hydrogens (tertiary/aromatic N) is 1. The molecule has 0 aromatic heterocycles. The Morgan fingerprint density at radius 3 is 2.03 bits per heavy atom. The number of carbonyl (C=O) groups is 1. The number of fused-ring (bicyclic) bond motifs is 2. The van der Waals surface area contributed by atoms with Gasteiger partial charge in [0.1, 0.15) is 18.6 Å². The fourth-order valence-electron chi connectivity index (χ4n) is 6.12. The van der Waals surface area contributed by atoms with Gasteiger partial charge in [-0.3, -0.25) is 4.79 Å². The van der Waals surface area contributed by atoms with E-state index >= 15 is 0 Å². The molecule has 2 heterocycles. The summed E-state index contributed by atoms with van der Waals surface area (Å²) in [6.45, 7) is 0.781. The summed E-state index contributed by atoms with van der Waals surface area (Å²) in [6.07, 6.45) is 4.09. The van der Waals surface area contributed by atoms with Crippen molar-refractivity contribution in [1.29, 1.82) is 0 Å². The fraction of sp³-hybridized carbons (Fsp3) is 0.367. The van der Waals surface area contributed by atoms with Crippen LogP contribution in [0, 0.1) is 0 Å². The van der Waals surface area contributed by atoms with Crippen LogP contribution in [0.3, 0.4) is 0 Å². The zero-order valence-electron chi connectivity index (χ0n) is 19.8. The third-order valence-corrected chi connectivity index (χ3v) is 8.11. The standard InChI is InChI=1S/C30H34NO3/c1-31(20-22-12-14-24(15-13-22)23-8-4-2-5-9-23)26-16-17-27(31)19-28(18-26)34-30(33)29(21-32)25-10-6-3-7-11-25/h2-15,26-29,32H,16-21H2,1H3/q+1/t26-,27+,28+,29?,31?. The lowest BCUT2D eigenvalue weighted by molar-refractivity contribution is -0.961. The summed E-state index contributed by atoms with van der Waals surface area (Å²) < 4.78 is 7.01. The number of rotatable bonds is 7. The summed E-state index contributed by atoms with van der Waals surface area (Å²) in [5.41, 5.74) is 4.67. The van der Waals surface area contributed by atoms with Gasteiger partial charge in [0, 0.05) is 31.2 Å². The molecule has 3 aromatic rings. The number of ether oxygens (including phenoxy) is 1. The molecule has 4 heteroatoms. The summed E-state index contributed by atoms with van der Waals surface area (Å²) in [5, 5.41) is 9.83. The first kappa shape index (κ1) is 22.8. The molecule has 2 bridgehead atoms. The van der Waals surface area contributed by atoms with Crippen molar-refractivity contribution in [1.82, 2.24) is 0 Å². The number of piperidine rings is 1. The average Bonchev–Trinajstić information content (AvgIpc) is 3.02. The minimum absolute atomic E-state index is 0.0607. The van der Waals surface area contributed by atoms with Crippen molar-refractivity contribution in [3.05, 3.63) is 96.1 Å². The Kier molecular flexibility index (Phi) is 6.53. The number of hydrogen-bond donors (Lipinski definition) is 1. The Morgan fingerprint density at radius 1 is 0.882 bits per heavy atom. The van der Waals surface area contributed by atoms with E-state index in [1.165, 1.54) is 29.5 Å². The molecule has 2 unspecified atom stereocenters. The summed E-state index contributed by atoms with van der Waals surface area (Å²) >= 11 is 0. The molecule has 0 saturated carbocycles. The lowest BCUT2D eigenvalue weighted by Gasteiger charge is -2.47. The highest BCUT2D eigenvalue weighted by Crippen LogP contribution is 2.44. The van der Waals surface area contributed by atoms with Gasteiger partial charge < -0.3 is 14.3 Å². The summed E-state index contributed by atoms with van der Waals surface area (Å²) in [4.78, 5) is 12.9. The van der Waals surface area contributed by atoms with Crippen LogP contribution in [0.2, 0.25) is 0 Å². The van der Waals surface area contributed by atoms with E-state index in [9.17, 15) is 9.90 Å². The lowest BCUT2D eigenvalue weighted by atomic mass is 9.94. The third-order valence-electron chi connectivity index (χ3n) is 8.11. The van der Waals surface area contributed by atoms with Gasteiger partial charge in [-0.05, 0) is 16.7 Å². The second-order valence-corrected chi connectivity index (χ2v) is 10.1. The van der Waals surface area contributed by atoms with E-state index in [-0.39, 0.29) is 18.7 Å². The molecule has 3 aromatic carbocycles. The van der Waals surface area contributed by atoms with E-state index in [0.717, 1.165) is 29.4 Å². The zero-order valence-corrected chi connectivity index (χ0v) is 19.8. The molecule has 0 spiro atoms. The Balaban J connectivity index is 1.24. The molecule has 1 N–H and O–H groups in total. The molecule has 34 heavy (non-hydrogen) atoms. The zero-order chi connectivity index (χ0) is 23.5. The van der Waals surface area contributed by atoms with Crippen LogP contribution in [0.1, 0.15) is 42.7 Å². The van der Waals surface area contributed by atoms with E-state index in [1.807, 2.05) is 36.4 Å². The number of aliphatic hydroxyl groups is 1. The Hall–Kier alpha value is -2.95. The second-order valence-electron chi connectivity index (χ2n) is 10.1. The number of aliphatic hydroxyl groups excluding tert-OH is 1. The van der Waals surface area contributed by atoms with Crippen LogP contribution in [0.15, 0.2) is 84.9 Å². The second kappa shape index (κ2) is 9.73. The van der Waals surface area contributed by atoms with Crippen LogP contribution < -0.4 is 0 Å². The first-order chi connectivity index (χ1) is 16.6. The number of esters is 1. The molecule has 176 valence electrons. The molecule has 2 aliphatic heterocycles. The molecular weight excluding hydrogens is 422 g/mol. The van der Waals surface area contributed by atoms with Crippen LogP contribution in [-0.2, 0) is 16.1 Å². The SMILES string of the molecule is C[N+]1(Cc2ccc(-c3ccccc3)cc2)[C@@H]2CC[C@H]1C[C@@H](OC(=O)C(CO)c1ccccc1)C2. The third kappa shape index (κ3) is 4.53. The summed E-state index contributed by atoms with van der Waals surface area (Å²) in [6, 6.07) is 29.9. The average molecular weight is 457 g/mol. The molecular formula is C30H34NO3+. The number of benzene rings is 3. The van der Waals surface area contributed by atoms with Gasteiger partial charge >= 0.3 is 5.97 Å². The summed E-state index contributed by atoms with van der Waals surface area (Å²) in [7, 11) is 2.38. The van der Waals surface area contributed by atoms with Crippen LogP contribution >= 0.6 is 0 Å². The van der Waals surface area contributed by atoms with E-state index in [1.54, 1.807) is 0 Å². The van der Waals surface area contributed by atoms with Gasteiger partial charge in [0.2, 0.25) is 0 Å². The predicted octanol–water partition coefficient (Wildman–Crippen LogP) is 5.31. The molecule has 0 radical (unpaired) electrons. The Morgan fingerprint density at radius 2 is 1.44 bits per heavy atom. The van der Waals surface area contributed by atoms with Gasteiger partial charge in [0.05, 0.1) is 25.7 Å². The monoisotopic (exact) mass is 456 g/mol. The first-order valence-electron chi connectivity index (χ1n) is 12.4. The Labute approximate surface area is 202 Å². The molecule has 2 fully saturated rings.